The second kappa shape index (κ2) is 9.08. The van der Waals surface area contributed by atoms with Crippen molar-refractivity contribution in [2.45, 2.75) is 13.2 Å². The molecule has 2 aromatic carbocycles. The van der Waals surface area contributed by atoms with Gasteiger partial charge in [-0.1, -0.05) is 72.8 Å². The number of hydrogen-bond donors (Lipinski definition) is 1. The fraction of sp³-hybridized carbons (Fsp3) is 0.222. The Balaban J connectivity index is 1.52. The van der Waals surface area contributed by atoms with Gasteiger partial charge in [-0.15, -0.1) is 0 Å². The molecule has 0 atom stereocenters. The highest BCUT2D eigenvalue weighted by atomic mass is 16.5. The monoisotopic (exact) mass is 267 g/mol. The van der Waals surface area contributed by atoms with E-state index in [1.807, 2.05) is 24.3 Å². The minimum atomic E-state index is 0.655. The van der Waals surface area contributed by atoms with Crippen molar-refractivity contribution in [2.75, 3.05) is 13.2 Å². The van der Waals surface area contributed by atoms with E-state index in [1.54, 1.807) is 0 Å². The summed E-state index contributed by atoms with van der Waals surface area (Å²) >= 11 is 0. The van der Waals surface area contributed by atoms with E-state index in [0.717, 1.165) is 13.1 Å². The first-order valence-electron chi connectivity index (χ1n) is 6.96. The Kier molecular flexibility index (Phi) is 6.58. The fourth-order valence-corrected chi connectivity index (χ4v) is 1.87. The highest BCUT2D eigenvalue weighted by Crippen LogP contribution is 2.00. The zero-order valence-corrected chi connectivity index (χ0v) is 11.7. The van der Waals surface area contributed by atoms with Crippen LogP contribution in [0.2, 0.25) is 0 Å². The smallest absolute Gasteiger partial charge is 0.0721 e. The molecule has 0 saturated heterocycles. The van der Waals surface area contributed by atoms with Crippen molar-refractivity contribution in [1.29, 1.82) is 0 Å². The van der Waals surface area contributed by atoms with Crippen LogP contribution in [0.25, 0.3) is 0 Å². The topological polar surface area (TPSA) is 21.3 Å². The van der Waals surface area contributed by atoms with Gasteiger partial charge in [-0.3, -0.25) is 0 Å². The summed E-state index contributed by atoms with van der Waals surface area (Å²) in [7, 11) is 0. The second-order valence-electron chi connectivity index (χ2n) is 4.59. The first kappa shape index (κ1) is 14.5. The van der Waals surface area contributed by atoms with Crippen molar-refractivity contribution in [2.24, 2.45) is 0 Å². The van der Waals surface area contributed by atoms with Crippen LogP contribution in [0.3, 0.4) is 0 Å². The van der Waals surface area contributed by atoms with Crippen molar-refractivity contribution >= 4 is 0 Å². The number of nitrogens with one attached hydrogen (secondary N) is 1. The Morgan fingerprint density at radius 3 is 2.15 bits per heavy atom. The summed E-state index contributed by atoms with van der Waals surface area (Å²) in [5.74, 6) is 0. The van der Waals surface area contributed by atoms with Crippen LogP contribution >= 0.6 is 0 Å². The predicted octanol–water partition coefficient (Wildman–Crippen LogP) is 3.55. The van der Waals surface area contributed by atoms with E-state index < -0.39 is 0 Å². The standard InChI is InChI=1S/C18H21NO/c1-3-9-17(10-4-1)15-19-13-7-8-14-20-16-18-11-5-2-6-12-18/h1-12,19H,13-16H2/b8-7-. The maximum atomic E-state index is 5.57. The summed E-state index contributed by atoms with van der Waals surface area (Å²) in [4.78, 5) is 0. The lowest BCUT2D eigenvalue weighted by molar-refractivity contribution is 0.148. The van der Waals surface area contributed by atoms with Gasteiger partial charge in [0, 0.05) is 13.1 Å². The van der Waals surface area contributed by atoms with Crippen molar-refractivity contribution in [1.82, 2.24) is 5.32 Å². The molecule has 2 nitrogen and oxygen atoms in total. The van der Waals surface area contributed by atoms with Gasteiger partial charge in [0.1, 0.15) is 0 Å². The first-order valence-corrected chi connectivity index (χ1v) is 6.96. The van der Waals surface area contributed by atoms with Gasteiger partial charge in [-0.2, -0.15) is 0 Å². The molecule has 0 bridgehead atoms. The summed E-state index contributed by atoms with van der Waals surface area (Å²) in [5, 5.41) is 3.37. The molecule has 0 aromatic heterocycles. The van der Waals surface area contributed by atoms with Gasteiger partial charge in [0.15, 0.2) is 0 Å². The zero-order valence-electron chi connectivity index (χ0n) is 11.7. The minimum Gasteiger partial charge on any atom is -0.373 e. The molecule has 2 aromatic rings. The summed E-state index contributed by atoms with van der Waals surface area (Å²) in [6.07, 6.45) is 4.16. The lowest BCUT2D eigenvalue weighted by Crippen LogP contribution is -2.12. The number of hydrogen-bond acceptors (Lipinski definition) is 2. The third-order valence-electron chi connectivity index (χ3n) is 2.93. The van der Waals surface area contributed by atoms with E-state index >= 15 is 0 Å². The summed E-state index contributed by atoms with van der Waals surface area (Å²) < 4.78 is 5.57. The lowest BCUT2D eigenvalue weighted by Gasteiger charge is -2.02. The average Bonchev–Trinajstić information content (AvgIpc) is 2.52. The summed E-state index contributed by atoms with van der Waals surface area (Å²) in [5.41, 5.74) is 2.52. The molecule has 0 amide bonds. The fourth-order valence-electron chi connectivity index (χ4n) is 1.87. The van der Waals surface area contributed by atoms with Crippen LogP contribution in [0, 0.1) is 0 Å². The van der Waals surface area contributed by atoms with Gasteiger partial charge in [0.05, 0.1) is 13.2 Å². The molecule has 0 saturated carbocycles. The first-order chi connectivity index (χ1) is 9.95. The van der Waals surface area contributed by atoms with Gasteiger partial charge in [0.25, 0.3) is 0 Å². The second-order valence-corrected chi connectivity index (χ2v) is 4.59. The lowest BCUT2D eigenvalue weighted by atomic mass is 10.2. The quantitative estimate of drug-likeness (QED) is 0.583. The maximum Gasteiger partial charge on any atom is 0.0721 e. The molecule has 0 heterocycles. The van der Waals surface area contributed by atoms with Gasteiger partial charge in [-0.05, 0) is 11.1 Å². The summed E-state index contributed by atoms with van der Waals surface area (Å²) in [6.45, 7) is 3.09. The van der Waals surface area contributed by atoms with Crippen LogP contribution in [-0.2, 0) is 17.9 Å². The Hall–Kier alpha value is -1.90. The molecule has 0 radical (unpaired) electrons. The van der Waals surface area contributed by atoms with Gasteiger partial charge in [-0.25, -0.2) is 0 Å². The number of rotatable bonds is 8. The molecule has 0 unspecified atom stereocenters. The summed E-state index contributed by atoms with van der Waals surface area (Å²) in [6, 6.07) is 20.6. The van der Waals surface area contributed by atoms with E-state index in [9.17, 15) is 0 Å². The molecule has 0 aliphatic carbocycles. The molecule has 0 fully saturated rings. The van der Waals surface area contributed by atoms with Crippen molar-refractivity contribution < 1.29 is 4.74 Å². The molecule has 0 aliphatic heterocycles. The van der Waals surface area contributed by atoms with Crippen molar-refractivity contribution in [3.63, 3.8) is 0 Å². The van der Waals surface area contributed by atoms with Gasteiger partial charge >= 0.3 is 0 Å². The van der Waals surface area contributed by atoms with Crippen LogP contribution in [-0.4, -0.2) is 13.2 Å². The molecular weight excluding hydrogens is 246 g/mol. The van der Waals surface area contributed by atoms with Crippen LogP contribution in [0.4, 0.5) is 0 Å². The van der Waals surface area contributed by atoms with Crippen LogP contribution in [0.5, 0.6) is 0 Å². The number of benzene rings is 2. The Morgan fingerprint density at radius 1 is 0.800 bits per heavy atom. The third kappa shape index (κ3) is 5.83. The van der Waals surface area contributed by atoms with Crippen molar-refractivity contribution in [3.8, 4) is 0 Å². The average molecular weight is 267 g/mol. The molecule has 2 heteroatoms. The normalized spacial score (nSPS) is 11.0. The van der Waals surface area contributed by atoms with E-state index in [2.05, 4.69) is 53.9 Å². The SMILES string of the molecule is C(=C/COCc1ccccc1)/CNCc1ccccc1. The van der Waals surface area contributed by atoms with E-state index in [4.69, 9.17) is 4.74 Å². The molecule has 20 heavy (non-hydrogen) atoms. The Morgan fingerprint density at radius 2 is 1.45 bits per heavy atom. The molecular formula is C18H21NO. The highest BCUT2D eigenvalue weighted by molar-refractivity contribution is 5.14. The van der Waals surface area contributed by atoms with Crippen molar-refractivity contribution in [3.05, 3.63) is 83.9 Å². The van der Waals surface area contributed by atoms with E-state index in [1.165, 1.54) is 11.1 Å². The molecule has 1 N–H and O–H groups in total. The zero-order chi connectivity index (χ0) is 13.9. The molecule has 0 spiro atoms. The molecule has 104 valence electrons. The molecule has 2 rings (SSSR count). The Labute approximate surface area is 121 Å². The van der Waals surface area contributed by atoms with Crippen LogP contribution in [0.1, 0.15) is 11.1 Å². The predicted molar refractivity (Wildman–Crippen MR) is 83.4 cm³/mol. The van der Waals surface area contributed by atoms with Gasteiger partial charge in [0.2, 0.25) is 0 Å². The number of ether oxygens (including phenoxy) is 1. The highest BCUT2D eigenvalue weighted by Gasteiger charge is 1.90. The van der Waals surface area contributed by atoms with Gasteiger partial charge < -0.3 is 10.1 Å². The largest absolute Gasteiger partial charge is 0.373 e. The Bertz CT molecular complexity index is 446. The molecule has 0 aliphatic rings. The third-order valence-corrected chi connectivity index (χ3v) is 2.93. The van der Waals surface area contributed by atoms with Crippen LogP contribution in [0.15, 0.2) is 72.8 Å². The van der Waals surface area contributed by atoms with E-state index in [0.29, 0.717) is 13.2 Å². The van der Waals surface area contributed by atoms with Crippen LogP contribution < -0.4 is 5.32 Å². The maximum absolute atomic E-state index is 5.57. The minimum absolute atomic E-state index is 0.655. The van der Waals surface area contributed by atoms with E-state index in [-0.39, 0.29) is 0 Å².